The van der Waals surface area contributed by atoms with Crippen molar-refractivity contribution in [2.45, 2.75) is 64.9 Å². The molecule has 5 rings (SSSR count). The molecule has 7 nitrogen and oxygen atoms in total. The summed E-state index contributed by atoms with van der Waals surface area (Å²) < 4.78 is 38.0. The van der Waals surface area contributed by atoms with Crippen LogP contribution in [-0.4, -0.2) is 26.4 Å². The Balaban J connectivity index is 1.55. The maximum Gasteiger partial charge on any atom is 0.354 e. The van der Waals surface area contributed by atoms with Crippen LogP contribution >= 0.6 is 0 Å². The van der Waals surface area contributed by atoms with Crippen molar-refractivity contribution >= 4 is 17.8 Å². The second kappa shape index (κ2) is 10.3. The Hall–Kier alpha value is -3.75. The van der Waals surface area contributed by atoms with Crippen LogP contribution in [0.25, 0.3) is 11.9 Å². The first-order valence-electron chi connectivity index (χ1n) is 12.8. The van der Waals surface area contributed by atoms with Crippen LogP contribution in [0.3, 0.4) is 0 Å². The van der Waals surface area contributed by atoms with Gasteiger partial charge in [-0.25, -0.2) is 13.6 Å². The highest BCUT2D eigenvalue weighted by atomic mass is 19.1. The number of aryl methyl sites for hydroxylation is 2. The predicted octanol–water partition coefficient (Wildman–Crippen LogP) is 5.64. The van der Waals surface area contributed by atoms with Gasteiger partial charge in [-0.1, -0.05) is 31.4 Å². The first-order chi connectivity index (χ1) is 17.8. The molecule has 9 heteroatoms. The number of hydrogen-bond donors (Lipinski definition) is 1. The highest BCUT2D eigenvalue weighted by Gasteiger charge is 2.26. The van der Waals surface area contributed by atoms with E-state index in [0.29, 0.717) is 23.7 Å². The SMILES string of the molecule is Cc1ccc(F)cc1NC(=O)c1cc(F)c(-n2nc3n(c2=O)C=CCC3)cc1O[C@@H](C)C1CCCCC1. The average molecular weight is 509 g/mol. The van der Waals surface area contributed by atoms with Gasteiger partial charge in [-0.05, 0) is 62.8 Å². The van der Waals surface area contributed by atoms with Gasteiger partial charge >= 0.3 is 5.69 Å². The number of carbonyl (C=O) groups excluding carboxylic acids is 1. The lowest BCUT2D eigenvalue weighted by Crippen LogP contribution is -2.27. The normalized spacial score (nSPS) is 16.3. The largest absolute Gasteiger partial charge is 0.490 e. The minimum absolute atomic E-state index is 0.0375. The van der Waals surface area contributed by atoms with E-state index in [1.165, 1.54) is 29.2 Å². The lowest BCUT2D eigenvalue weighted by molar-refractivity contribution is 0.0997. The van der Waals surface area contributed by atoms with Crippen LogP contribution in [0, 0.1) is 24.5 Å². The number of nitrogens with zero attached hydrogens (tertiary/aromatic N) is 3. The summed E-state index contributed by atoms with van der Waals surface area (Å²) in [6, 6.07) is 6.50. The Labute approximate surface area is 213 Å². The van der Waals surface area contributed by atoms with Gasteiger partial charge in [0, 0.05) is 24.4 Å². The van der Waals surface area contributed by atoms with Crippen LogP contribution in [0.15, 0.2) is 41.2 Å². The van der Waals surface area contributed by atoms with Crippen molar-refractivity contribution in [3.8, 4) is 11.4 Å². The second-order valence-electron chi connectivity index (χ2n) is 9.84. The molecule has 3 aromatic rings. The third-order valence-electron chi connectivity index (χ3n) is 7.27. The summed E-state index contributed by atoms with van der Waals surface area (Å²) in [5.41, 5.74) is 0.316. The molecule has 1 saturated carbocycles. The zero-order valence-electron chi connectivity index (χ0n) is 21.0. The summed E-state index contributed by atoms with van der Waals surface area (Å²) in [6.45, 7) is 3.69. The first kappa shape index (κ1) is 24.9. The van der Waals surface area contributed by atoms with Crippen molar-refractivity contribution in [3.05, 3.63) is 75.5 Å². The van der Waals surface area contributed by atoms with Gasteiger partial charge in [0.05, 0.1) is 11.7 Å². The summed E-state index contributed by atoms with van der Waals surface area (Å²) in [5, 5.41) is 7.01. The number of hydrogen-bond acceptors (Lipinski definition) is 4. The number of benzene rings is 2. The summed E-state index contributed by atoms with van der Waals surface area (Å²) in [6.07, 6.45) is 10.0. The van der Waals surface area contributed by atoms with Crippen LogP contribution < -0.4 is 15.7 Å². The Morgan fingerprint density at radius 2 is 1.95 bits per heavy atom. The van der Waals surface area contributed by atoms with Gasteiger partial charge in [-0.3, -0.25) is 9.36 Å². The van der Waals surface area contributed by atoms with E-state index in [1.54, 1.807) is 19.2 Å². The van der Waals surface area contributed by atoms with Gasteiger partial charge in [0.2, 0.25) is 0 Å². The number of ether oxygens (including phenoxy) is 1. The summed E-state index contributed by atoms with van der Waals surface area (Å²) in [5.74, 6) is -0.939. The van der Waals surface area contributed by atoms with Crippen molar-refractivity contribution in [2.24, 2.45) is 5.92 Å². The summed E-state index contributed by atoms with van der Waals surface area (Å²) >= 11 is 0. The minimum Gasteiger partial charge on any atom is -0.490 e. The number of nitrogens with one attached hydrogen (secondary N) is 1. The molecule has 2 aromatic carbocycles. The number of aromatic nitrogens is 3. The number of rotatable bonds is 6. The minimum atomic E-state index is -0.791. The van der Waals surface area contributed by atoms with Crippen LogP contribution in [0.2, 0.25) is 0 Å². The van der Waals surface area contributed by atoms with Gasteiger partial charge in [0.1, 0.15) is 28.9 Å². The zero-order valence-corrected chi connectivity index (χ0v) is 21.0. The fourth-order valence-electron chi connectivity index (χ4n) is 5.09. The van der Waals surface area contributed by atoms with Gasteiger partial charge in [0.25, 0.3) is 5.91 Å². The van der Waals surface area contributed by atoms with Crippen molar-refractivity contribution in [1.29, 1.82) is 0 Å². The van der Waals surface area contributed by atoms with E-state index in [0.717, 1.165) is 42.9 Å². The number of amides is 1. The fourth-order valence-corrected chi connectivity index (χ4v) is 5.09. The smallest absolute Gasteiger partial charge is 0.354 e. The molecule has 1 atom stereocenters. The van der Waals surface area contributed by atoms with Crippen LogP contribution in [0.4, 0.5) is 14.5 Å². The lowest BCUT2D eigenvalue weighted by atomic mass is 9.86. The molecule has 194 valence electrons. The van der Waals surface area contributed by atoms with Gasteiger partial charge in [0.15, 0.2) is 0 Å². The molecule has 0 radical (unpaired) electrons. The molecule has 0 spiro atoms. The molecular weight excluding hydrogens is 478 g/mol. The van der Waals surface area contributed by atoms with E-state index in [4.69, 9.17) is 4.74 Å². The van der Waals surface area contributed by atoms with E-state index >= 15 is 4.39 Å². The maximum atomic E-state index is 15.5. The Morgan fingerprint density at radius 3 is 2.70 bits per heavy atom. The van der Waals surface area contributed by atoms with E-state index in [2.05, 4.69) is 10.4 Å². The predicted molar refractivity (Wildman–Crippen MR) is 137 cm³/mol. The molecular formula is C28H30F2N4O3. The van der Waals surface area contributed by atoms with Gasteiger partial charge in [-0.15, -0.1) is 5.10 Å². The first-order valence-corrected chi connectivity index (χ1v) is 12.8. The number of carbonyl (C=O) groups is 1. The highest BCUT2D eigenvalue weighted by Crippen LogP contribution is 2.32. The molecule has 1 amide bonds. The molecule has 0 saturated heterocycles. The third-order valence-corrected chi connectivity index (χ3v) is 7.27. The molecule has 1 aliphatic carbocycles. The van der Waals surface area contributed by atoms with Crippen LogP contribution in [0.1, 0.15) is 67.2 Å². The Bertz CT molecular complexity index is 1420. The molecule has 0 unspecified atom stereocenters. The molecule has 1 fully saturated rings. The van der Waals surface area contributed by atoms with Gasteiger partial charge in [-0.2, -0.15) is 4.68 Å². The quantitative estimate of drug-likeness (QED) is 0.468. The van der Waals surface area contributed by atoms with E-state index in [-0.39, 0.29) is 28.8 Å². The van der Waals surface area contributed by atoms with Crippen molar-refractivity contribution in [2.75, 3.05) is 5.32 Å². The van der Waals surface area contributed by atoms with Crippen molar-refractivity contribution in [3.63, 3.8) is 0 Å². The van der Waals surface area contributed by atoms with E-state index in [9.17, 15) is 14.0 Å². The molecule has 0 bridgehead atoms. The summed E-state index contributed by atoms with van der Waals surface area (Å²) in [7, 11) is 0. The standard InChI is InChI=1S/C28H30F2N4O3/c1-17-11-12-20(29)14-23(17)31-27(35)21-15-22(30)24(34-28(36)33-13-7-6-10-26(33)32-34)16-25(21)37-18(2)19-8-4-3-5-9-19/h7,11-16,18-19H,3-6,8-10H2,1-2H3,(H,31,35)/t18-/m0/s1. The third kappa shape index (κ3) is 5.08. The van der Waals surface area contributed by atoms with E-state index < -0.39 is 23.2 Å². The number of allylic oxidation sites excluding steroid dienone is 1. The van der Waals surface area contributed by atoms with Crippen LogP contribution in [-0.2, 0) is 6.42 Å². The van der Waals surface area contributed by atoms with Crippen molar-refractivity contribution in [1.82, 2.24) is 14.3 Å². The second-order valence-corrected chi connectivity index (χ2v) is 9.84. The average Bonchev–Trinajstić information content (AvgIpc) is 3.23. The number of fused-ring (bicyclic) bond motifs is 1. The molecule has 2 aliphatic rings. The number of halogens is 2. The maximum absolute atomic E-state index is 15.5. The zero-order chi connectivity index (χ0) is 26.1. The lowest BCUT2D eigenvalue weighted by Gasteiger charge is -2.29. The molecule has 1 aliphatic heterocycles. The topological polar surface area (TPSA) is 78.2 Å². The number of anilines is 1. The molecule has 1 aromatic heterocycles. The highest BCUT2D eigenvalue weighted by molar-refractivity contribution is 6.06. The van der Waals surface area contributed by atoms with E-state index in [1.807, 2.05) is 13.0 Å². The van der Waals surface area contributed by atoms with Crippen LogP contribution in [0.5, 0.6) is 5.75 Å². The fraction of sp³-hybridized carbons (Fsp3) is 0.393. The monoisotopic (exact) mass is 508 g/mol. The Morgan fingerprint density at radius 1 is 1.16 bits per heavy atom. The molecule has 1 N–H and O–H groups in total. The molecule has 2 heterocycles. The van der Waals surface area contributed by atoms with Gasteiger partial charge < -0.3 is 10.1 Å². The molecule has 37 heavy (non-hydrogen) atoms. The Kier molecular flexibility index (Phi) is 6.95. The summed E-state index contributed by atoms with van der Waals surface area (Å²) in [4.78, 5) is 26.3. The van der Waals surface area contributed by atoms with Crippen molar-refractivity contribution < 1.29 is 18.3 Å².